The molecule has 0 amide bonds. The minimum absolute atomic E-state index is 0.116. The first kappa shape index (κ1) is 43.9. The van der Waals surface area contributed by atoms with Crippen molar-refractivity contribution in [1.82, 2.24) is 0 Å². The van der Waals surface area contributed by atoms with E-state index in [0.717, 1.165) is 62.2 Å². The van der Waals surface area contributed by atoms with E-state index in [-0.39, 0.29) is 41.7 Å². The maximum Gasteiger partial charge on any atom is 0.119 e. The van der Waals surface area contributed by atoms with Gasteiger partial charge in [0.05, 0.1) is 37.6 Å². The Labute approximate surface area is 385 Å². The summed E-state index contributed by atoms with van der Waals surface area (Å²) in [7, 11) is 0. The lowest BCUT2D eigenvalue weighted by atomic mass is 9.65. The summed E-state index contributed by atoms with van der Waals surface area (Å²) in [6, 6.07) is 44.0. The van der Waals surface area contributed by atoms with E-state index in [2.05, 4.69) is 162 Å². The summed E-state index contributed by atoms with van der Waals surface area (Å²) < 4.78 is 35.7. The van der Waals surface area contributed by atoms with Gasteiger partial charge in [0.25, 0.3) is 0 Å². The molecule has 338 valence electrons. The number of benzene rings is 5. The van der Waals surface area contributed by atoms with Crippen LogP contribution in [0.25, 0.3) is 0 Å². The number of aryl methyl sites for hydroxylation is 1. The average molecular weight is 873 g/mol. The summed E-state index contributed by atoms with van der Waals surface area (Å²) >= 11 is 0. The molecule has 6 unspecified atom stereocenters. The fourth-order valence-electron chi connectivity index (χ4n) is 11.0. The molecule has 1 N–H and O–H groups in total. The lowest BCUT2D eigenvalue weighted by Crippen LogP contribution is -2.32. The van der Waals surface area contributed by atoms with E-state index in [1.807, 2.05) is 12.1 Å². The first-order chi connectivity index (χ1) is 31.4. The second-order valence-electron chi connectivity index (χ2n) is 20.3. The molecule has 0 aromatic heterocycles. The molecule has 2 aliphatic heterocycles. The molecule has 0 radical (unpaired) electrons. The number of fused-ring (bicyclic) bond motifs is 2. The third-order valence-electron chi connectivity index (χ3n) is 15.2. The highest BCUT2D eigenvalue weighted by atomic mass is 16.6. The largest absolute Gasteiger partial charge is 0.491 e. The molecular formula is C58H64O7. The van der Waals surface area contributed by atoms with Crippen LogP contribution in [0.4, 0.5) is 0 Å². The summed E-state index contributed by atoms with van der Waals surface area (Å²) in [6.45, 7) is 13.9. The van der Waals surface area contributed by atoms with Crippen molar-refractivity contribution in [3.63, 3.8) is 0 Å². The van der Waals surface area contributed by atoms with E-state index in [0.29, 0.717) is 19.0 Å². The van der Waals surface area contributed by atoms with E-state index in [4.69, 9.17) is 28.4 Å². The molecule has 3 fully saturated rings. The highest BCUT2D eigenvalue weighted by Gasteiger charge is 2.52. The third kappa shape index (κ3) is 8.63. The summed E-state index contributed by atoms with van der Waals surface area (Å²) in [4.78, 5) is 0. The van der Waals surface area contributed by atoms with E-state index in [9.17, 15) is 5.11 Å². The quantitative estimate of drug-likeness (QED) is 0.0878. The zero-order valence-electron chi connectivity index (χ0n) is 38.7. The Morgan fingerprint density at radius 2 is 1.15 bits per heavy atom. The minimum Gasteiger partial charge on any atom is -0.491 e. The lowest BCUT2D eigenvalue weighted by Gasteiger charge is -2.38. The number of hydrogen-bond acceptors (Lipinski definition) is 7. The van der Waals surface area contributed by atoms with Crippen molar-refractivity contribution in [1.29, 1.82) is 0 Å². The van der Waals surface area contributed by atoms with Crippen LogP contribution in [0.15, 0.2) is 145 Å². The second-order valence-corrected chi connectivity index (χ2v) is 20.3. The topological polar surface area (TPSA) is 82.2 Å². The van der Waals surface area contributed by atoms with Crippen molar-refractivity contribution >= 4 is 0 Å². The molecular weight excluding hydrogens is 809 g/mol. The highest BCUT2D eigenvalue weighted by molar-refractivity contribution is 5.58. The van der Waals surface area contributed by atoms with Crippen LogP contribution < -0.4 is 9.47 Å². The molecule has 7 nitrogen and oxygen atoms in total. The van der Waals surface area contributed by atoms with Gasteiger partial charge in [-0.2, -0.15) is 0 Å². The van der Waals surface area contributed by atoms with Gasteiger partial charge in [-0.1, -0.05) is 122 Å². The zero-order valence-corrected chi connectivity index (χ0v) is 38.7. The smallest absolute Gasteiger partial charge is 0.119 e. The first-order valence-corrected chi connectivity index (χ1v) is 23.7. The standard InChI is InChI=1S/C58H64O7/c1-54(2,41-15-19-45(20-16-41)58(33-32-56(5)30-9-8-12-53(56)58)46-23-27-49(28-24-46)61-36-50-37-62-50)64-35-47(59)34-60-48-25-21-44(22-26-48)57(31-29-40-10-6-7-11-52(40)57)43-17-13-42(14-18-43)55(3,4)65-39-51-38-63-51/h6-28,47,50-51,59H,29-39H2,1-5H3. The Kier molecular flexibility index (Phi) is 11.7. The van der Waals surface area contributed by atoms with Crippen molar-refractivity contribution in [2.45, 2.75) is 107 Å². The third-order valence-corrected chi connectivity index (χ3v) is 15.2. The van der Waals surface area contributed by atoms with Crippen molar-refractivity contribution in [2.24, 2.45) is 5.41 Å². The van der Waals surface area contributed by atoms with Crippen LogP contribution in [0.2, 0.25) is 0 Å². The van der Waals surface area contributed by atoms with Gasteiger partial charge >= 0.3 is 0 Å². The SMILES string of the molecule is CC12CC=CC=C1C(c1ccc(OCC3CO3)cc1)(c1ccc(C(C)(C)OCC(O)COc3ccc(C4(c5ccc(C(C)(C)OCC6CO6)cc5)CCc5ccccc54)cc3)cc1)CC2. The Morgan fingerprint density at radius 1 is 0.615 bits per heavy atom. The van der Waals surface area contributed by atoms with Crippen LogP contribution in [-0.4, -0.2) is 63.1 Å². The Balaban J connectivity index is 0.798. The van der Waals surface area contributed by atoms with Crippen LogP contribution >= 0.6 is 0 Å². The number of epoxide rings is 2. The molecule has 2 heterocycles. The van der Waals surface area contributed by atoms with Crippen LogP contribution in [0.1, 0.15) is 105 Å². The first-order valence-electron chi connectivity index (χ1n) is 23.7. The van der Waals surface area contributed by atoms with Crippen molar-refractivity contribution < 1.29 is 33.5 Å². The summed E-state index contributed by atoms with van der Waals surface area (Å²) in [6.07, 6.45) is 11.8. The van der Waals surface area contributed by atoms with Gasteiger partial charge in [0, 0.05) is 10.8 Å². The predicted molar refractivity (Wildman–Crippen MR) is 255 cm³/mol. The second kappa shape index (κ2) is 17.3. The highest BCUT2D eigenvalue weighted by Crippen LogP contribution is 2.61. The zero-order chi connectivity index (χ0) is 44.9. The molecule has 10 rings (SSSR count). The van der Waals surface area contributed by atoms with E-state index in [1.54, 1.807) is 0 Å². The molecule has 5 aliphatic rings. The molecule has 1 saturated carbocycles. The van der Waals surface area contributed by atoms with Crippen LogP contribution in [0.5, 0.6) is 11.5 Å². The maximum atomic E-state index is 11.2. The van der Waals surface area contributed by atoms with Gasteiger partial charge < -0.3 is 33.5 Å². The van der Waals surface area contributed by atoms with Crippen LogP contribution in [0, 0.1) is 5.41 Å². The number of ether oxygens (including phenoxy) is 6. The van der Waals surface area contributed by atoms with Gasteiger partial charge in [0.1, 0.15) is 43.0 Å². The van der Waals surface area contributed by atoms with E-state index in [1.165, 1.54) is 39.0 Å². The lowest BCUT2D eigenvalue weighted by molar-refractivity contribution is -0.0717. The van der Waals surface area contributed by atoms with Gasteiger partial charge in [-0.25, -0.2) is 0 Å². The van der Waals surface area contributed by atoms with E-state index < -0.39 is 17.3 Å². The number of aliphatic hydroxyl groups excluding tert-OH is 1. The van der Waals surface area contributed by atoms with Crippen molar-refractivity contribution in [3.8, 4) is 11.5 Å². The van der Waals surface area contributed by atoms with E-state index >= 15 is 0 Å². The molecule has 5 aromatic rings. The Bertz CT molecular complexity index is 2510. The van der Waals surface area contributed by atoms with Crippen molar-refractivity contribution in [3.05, 3.63) is 190 Å². The summed E-state index contributed by atoms with van der Waals surface area (Å²) in [5.41, 5.74) is 10.0. The van der Waals surface area contributed by atoms with Gasteiger partial charge in [-0.3, -0.25) is 0 Å². The number of allylic oxidation sites excluding steroid dienone is 4. The monoisotopic (exact) mass is 872 g/mol. The normalized spacial score (nSPS) is 26.0. The van der Waals surface area contributed by atoms with Crippen LogP contribution in [0.3, 0.4) is 0 Å². The van der Waals surface area contributed by atoms with Gasteiger partial charge in [0.2, 0.25) is 0 Å². The maximum absolute atomic E-state index is 11.2. The molecule has 0 bridgehead atoms. The Morgan fingerprint density at radius 3 is 1.77 bits per heavy atom. The fraction of sp³-hybridized carbons (Fsp3) is 0.414. The molecule has 6 atom stereocenters. The van der Waals surface area contributed by atoms with Crippen LogP contribution in [-0.2, 0) is 47.4 Å². The number of hydrogen-bond donors (Lipinski definition) is 1. The number of aliphatic hydroxyl groups is 1. The molecule has 0 spiro atoms. The van der Waals surface area contributed by atoms with Gasteiger partial charge in [-0.15, -0.1) is 0 Å². The van der Waals surface area contributed by atoms with Crippen molar-refractivity contribution in [2.75, 3.05) is 39.6 Å². The number of rotatable bonds is 18. The average Bonchev–Trinajstić information content (AvgIpc) is 4.28. The fourth-order valence-corrected chi connectivity index (χ4v) is 11.0. The molecule has 5 aromatic carbocycles. The van der Waals surface area contributed by atoms with Gasteiger partial charge in [-0.05, 0) is 140 Å². The Hall–Kier alpha value is -5.02. The molecule has 65 heavy (non-hydrogen) atoms. The molecule has 2 saturated heterocycles. The van der Waals surface area contributed by atoms with Gasteiger partial charge in [0.15, 0.2) is 0 Å². The summed E-state index contributed by atoms with van der Waals surface area (Å²) in [5.74, 6) is 1.59. The molecule has 3 aliphatic carbocycles. The molecule has 7 heteroatoms. The minimum atomic E-state index is -0.806. The summed E-state index contributed by atoms with van der Waals surface area (Å²) in [5, 5.41) is 11.2. The predicted octanol–water partition coefficient (Wildman–Crippen LogP) is 11.1.